The maximum absolute atomic E-state index is 5.65. The molecule has 1 atom stereocenters. The van der Waals surface area contributed by atoms with E-state index in [-0.39, 0.29) is 0 Å². The average Bonchev–Trinajstić information content (AvgIpc) is 2.34. The molecule has 0 fully saturated rings. The number of nitrogens with one attached hydrogen (secondary N) is 1. The Bertz CT molecular complexity index is 214. The van der Waals surface area contributed by atoms with Crippen molar-refractivity contribution in [1.82, 2.24) is 5.32 Å². The fourth-order valence-corrected chi connectivity index (χ4v) is 1.91. The zero-order chi connectivity index (χ0) is 15.4. The van der Waals surface area contributed by atoms with Gasteiger partial charge in [0.15, 0.2) is 0 Å². The van der Waals surface area contributed by atoms with Gasteiger partial charge in [-0.3, -0.25) is 0 Å². The largest absolute Gasteiger partial charge is 0.382 e. The second kappa shape index (κ2) is 11.5. The highest BCUT2D eigenvalue weighted by molar-refractivity contribution is 4.76. The van der Waals surface area contributed by atoms with E-state index in [9.17, 15) is 0 Å². The second-order valence-electron chi connectivity index (χ2n) is 6.63. The van der Waals surface area contributed by atoms with E-state index in [0.717, 1.165) is 19.6 Å². The van der Waals surface area contributed by atoms with Crippen molar-refractivity contribution >= 4 is 0 Å². The molecule has 0 amide bonds. The summed E-state index contributed by atoms with van der Waals surface area (Å²) in [4.78, 5) is 0. The first-order valence-corrected chi connectivity index (χ1v) is 7.75. The number of rotatable bonds is 12. The lowest BCUT2D eigenvalue weighted by Gasteiger charge is -2.31. The molecule has 0 saturated carbocycles. The van der Waals surface area contributed by atoms with Gasteiger partial charge < -0.3 is 19.5 Å². The van der Waals surface area contributed by atoms with E-state index in [0.29, 0.717) is 43.8 Å². The highest BCUT2D eigenvalue weighted by atomic mass is 16.5. The van der Waals surface area contributed by atoms with Gasteiger partial charge in [0.1, 0.15) is 0 Å². The SMILES string of the molecule is COCCOCCOCCC(CNC(C)C)C(C)(C)C. The Morgan fingerprint density at radius 2 is 1.45 bits per heavy atom. The normalized spacial score (nSPS) is 13.9. The van der Waals surface area contributed by atoms with Gasteiger partial charge in [-0.15, -0.1) is 0 Å². The van der Waals surface area contributed by atoms with Crippen LogP contribution in [0, 0.1) is 11.3 Å². The van der Waals surface area contributed by atoms with E-state index in [1.807, 2.05) is 0 Å². The van der Waals surface area contributed by atoms with Crippen molar-refractivity contribution in [2.75, 3.05) is 46.7 Å². The minimum absolute atomic E-state index is 0.306. The van der Waals surface area contributed by atoms with E-state index in [1.54, 1.807) is 7.11 Å². The lowest BCUT2D eigenvalue weighted by Crippen LogP contribution is -2.36. The monoisotopic (exact) mass is 289 g/mol. The van der Waals surface area contributed by atoms with E-state index in [1.165, 1.54) is 0 Å². The molecule has 0 aromatic carbocycles. The lowest BCUT2D eigenvalue weighted by molar-refractivity contribution is 0.0180. The Morgan fingerprint density at radius 1 is 0.900 bits per heavy atom. The van der Waals surface area contributed by atoms with Gasteiger partial charge in [-0.1, -0.05) is 34.6 Å². The first kappa shape index (κ1) is 19.8. The van der Waals surface area contributed by atoms with Crippen molar-refractivity contribution < 1.29 is 14.2 Å². The molecular weight excluding hydrogens is 254 g/mol. The molecule has 0 bridgehead atoms. The first-order chi connectivity index (χ1) is 9.38. The fourth-order valence-electron chi connectivity index (χ4n) is 1.91. The third kappa shape index (κ3) is 11.6. The van der Waals surface area contributed by atoms with Crippen LogP contribution in [0.4, 0.5) is 0 Å². The number of ether oxygens (including phenoxy) is 3. The summed E-state index contributed by atoms with van der Waals surface area (Å²) in [6.45, 7) is 15.7. The molecule has 1 unspecified atom stereocenters. The minimum atomic E-state index is 0.306. The zero-order valence-electron chi connectivity index (χ0n) is 14.3. The summed E-state index contributed by atoms with van der Waals surface area (Å²) in [6, 6.07) is 0.537. The molecule has 0 radical (unpaired) electrons. The van der Waals surface area contributed by atoms with Gasteiger partial charge >= 0.3 is 0 Å². The predicted molar refractivity (Wildman–Crippen MR) is 84.2 cm³/mol. The van der Waals surface area contributed by atoms with Crippen LogP contribution in [0.2, 0.25) is 0 Å². The molecule has 0 aliphatic carbocycles. The number of methoxy groups -OCH3 is 1. The van der Waals surface area contributed by atoms with Gasteiger partial charge in [-0.05, 0) is 24.3 Å². The molecule has 0 rings (SSSR count). The Hall–Kier alpha value is -0.160. The van der Waals surface area contributed by atoms with Gasteiger partial charge in [0.25, 0.3) is 0 Å². The summed E-state index contributed by atoms with van der Waals surface area (Å²) in [5.74, 6) is 0.624. The molecule has 0 saturated heterocycles. The van der Waals surface area contributed by atoms with Crippen molar-refractivity contribution in [3.8, 4) is 0 Å². The van der Waals surface area contributed by atoms with Gasteiger partial charge in [-0.2, -0.15) is 0 Å². The molecule has 0 aliphatic rings. The Morgan fingerprint density at radius 3 is 1.95 bits per heavy atom. The van der Waals surface area contributed by atoms with Gasteiger partial charge in [-0.25, -0.2) is 0 Å². The molecule has 0 spiro atoms. The standard InChI is InChI=1S/C16H35NO3/c1-14(2)17-13-15(16(3,4)5)7-8-19-11-12-20-10-9-18-6/h14-15,17H,7-13H2,1-6H3. The summed E-state index contributed by atoms with van der Waals surface area (Å²) in [7, 11) is 1.68. The lowest BCUT2D eigenvalue weighted by atomic mass is 9.79. The molecule has 4 heteroatoms. The Labute approximate surface area is 125 Å². The van der Waals surface area contributed by atoms with E-state index >= 15 is 0 Å². The minimum Gasteiger partial charge on any atom is -0.382 e. The quantitative estimate of drug-likeness (QED) is 0.561. The van der Waals surface area contributed by atoms with Crippen LogP contribution in [0.25, 0.3) is 0 Å². The molecule has 0 aromatic rings. The predicted octanol–water partition coefficient (Wildman–Crippen LogP) is 2.72. The van der Waals surface area contributed by atoms with Gasteiger partial charge in [0.05, 0.1) is 26.4 Å². The van der Waals surface area contributed by atoms with Crippen molar-refractivity contribution in [3.63, 3.8) is 0 Å². The van der Waals surface area contributed by atoms with Crippen LogP contribution in [0.1, 0.15) is 41.0 Å². The summed E-state index contributed by atoms with van der Waals surface area (Å²) in [5, 5.41) is 3.53. The molecule has 20 heavy (non-hydrogen) atoms. The van der Waals surface area contributed by atoms with Gasteiger partial charge in [0.2, 0.25) is 0 Å². The molecule has 122 valence electrons. The molecule has 1 N–H and O–H groups in total. The highest BCUT2D eigenvalue weighted by Gasteiger charge is 2.24. The Kier molecular flexibility index (Phi) is 11.4. The topological polar surface area (TPSA) is 39.7 Å². The molecule has 0 aromatic heterocycles. The van der Waals surface area contributed by atoms with Crippen LogP contribution >= 0.6 is 0 Å². The first-order valence-electron chi connectivity index (χ1n) is 7.75. The van der Waals surface area contributed by atoms with Crippen molar-refractivity contribution in [1.29, 1.82) is 0 Å². The summed E-state index contributed by atoms with van der Waals surface area (Å²) in [6.07, 6.45) is 1.08. The number of hydrogen-bond acceptors (Lipinski definition) is 4. The molecule has 0 aliphatic heterocycles. The zero-order valence-corrected chi connectivity index (χ0v) is 14.3. The smallest absolute Gasteiger partial charge is 0.0701 e. The van der Waals surface area contributed by atoms with Crippen LogP contribution in [-0.4, -0.2) is 52.7 Å². The average molecular weight is 289 g/mol. The van der Waals surface area contributed by atoms with Crippen LogP contribution in [0.15, 0.2) is 0 Å². The van der Waals surface area contributed by atoms with E-state index in [4.69, 9.17) is 14.2 Å². The summed E-state index contributed by atoms with van der Waals surface area (Å²) < 4.78 is 15.9. The fraction of sp³-hybridized carbons (Fsp3) is 1.00. The maximum Gasteiger partial charge on any atom is 0.0701 e. The van der Waals surface area contributed by atoms with Crippen molar-refractivity contribution in [3.05, 3.63) is 0 Å². The summed E-state index contributed by atoms with van der Waals surface area (Å²) in [5.41, 5.74) is 0.306. The maximum atomic E-state index is 5.65. The van der Waals surface area contributed by atoms with E-state index in [2.05, 4.69) is 39.9 Å². The number of hydrogen-bond donors (Lipinski definition) is 1. The third-order valence-electron chi connectivity index (χ3n) is 3.41. The van der Waals surface area contributed by atoms with Crippen molar-refractivity contribution in [2.45, 2.75) is 47.1 Å². The Balaban J connectivity index is 3.69. The molecule has 4 nitrogen and oxygen atoms in total. The van der Waals surface area contributed by atoms with E-state index < -0.39 is 0 Å². The van der Waals surface area contributed by atoms with Crippen LogP contribution in [0.5, 0.6) is 0 Å². The molecular formula is C16H35NO3. The van der Waals surface area contributed by atoms with Crippen LogP contribution < -0.4 is 5.32 Å². The van der Waals surface area contributed by atoms with Gasteiger partial charge in [0, 0.05) is 19.8 Å². The van der Waals surface area contributed by atoms with Crippen LogP contribution in [-0.2, 0) is 14.2 Å². The summed E-state index contributed by atoms with van der Waals surface area (Å²) >= 11 is 0. The third-order valence-corrected chi connectivity index (χ3v) is 3.41. The van der Waals surface area contributed by atoms with Crippen molar-refractivity contribution in [2.24, 2.45) is 11.3 Å². The van der Waals surface area contributed by atoms with Crippen LogP contribution in [0.3, 0.4) is 0 Å². The molecule has 0 heterocycles. The highest BCUT2D eigenvalue weighted by Crippen LogP contribution is 2.28. The second-order valence-corrected chi connectivity index (χ2v) is 6.63.